The Labute approximate surface area is 194 Å². The number of rotatable bonds is 7. The molecule has 166 valence electrons. The molecule has 0 radical (unpaired) electrons. The lowest BCUT2D eigenvalue weighted by Gasteiger charge is -2.20. The summed E-state index contributed by atoms with van der Waals surface area (Å²) in [6, 6.07) is 21.2. The SMILES string of the molecule is COc1ccc(C(O)C(O)CNC(=O)OCC2c3ccccc3-c3ccccc32)c(Br)c1. The Morgan fingerprint density at radius 3 is 2.25 bits per heavy atom. The first-order valence-corrected chi connectivity index (χ1v) is 11.1. The van der Waals surface area contributed by atoms with E-state index in [0.29, 0.717) is 15.8 Å². The van der Waals surface area contributed by atoms with Gasteiger partial charge in [-0.15, -0.1) is 0 Å². The van der Waals surface area contributed by atoms with E-state index in [1.807, 2.05) is 36.4 Å². The zero-order valence-electron chi connectivity index (χ0n) is 17.5. The van der Waals surface area contributed by atoms with Crippen molar-refractivity contribution in [2.45, 2.75) is 18.1 Å². The fourth-order valence-electron chi connectivity index (χ4n) is 4.03. The lowest BCUT2D eigenvalue weighted by atomic mass is 9.98. The Morgan fingerprint density at radius 2 is 1.66 bits per heavy atom. The number of methoxy groups -OCH3 is 1. The number of hydrogen-bond acceptors (Lipinski definition) is 5. The van der Waals surface area contributed by atoms with Gasteiger partial charge in [0, 0.05) is 16.9 Å². The summed E-state index contributed by atoms with van der Waals surface area (Å²) in [5, 5.41) is 23.3. The molecule has 1 amide bonds. The fourth-order valence-corrected chi connectivity index (χ4v) is 4.62. The number of benzene rings is 3. The minimum absolute atomic E-state index is 0.0427. The molecule has 0 heterocycles. The van der Waals surface area contributed by atoms with Gasteiger partial charge in [-0.25, -0.2) is 4.79 Å². The Bertz CT molecular complexity index is 1070. The summed E-state index contributed by atoms with van der Waals surface area (Å²) in [7, 11) is 1.55. The first kappa shape index (κ1) is 22.3. The van der Waals surface area contributed by atoms with Crippen molar-refractivity contribution in [3.05, 3.63) is 87.9 Å². The summed E-state index contributed by atoms with van der Waals surface area (Å²) >= 11 is 3.36. The molecule has 0 bridgehead atoms. The highest BCUT2D eigenvalue weighted by Gasteiger charge is 2.29. The van der Waals surface area contributed by atoms with Crippen molar-refractivity contribution in [1.29, 1.82) is 0 Å². The third-order valence-corrected chi connectivity index (χ3v) is 6.38. The van der Waals surface area contributed by atoms with Gasteiger partial charge in [-0.1, -0.05) is 70.5 Å². The maximum absolute atomic E-state index is 12.3. The Hall–Kier alpha value is -2.87. The first-order chi connectivity index (χ1) is 15.5. The van der Waals surface area contributed by atoms with Crippen LogP contribution >= 0.6 is 15.9 Å². The minimum atomic E-state index is -1.21. The van der Waals surface area contributed by atoms with Crippen LogP contribution in [0.3, 0.4) is 0 Å². The van der Waals surface area contributed by atoms with Crippen molar-refractivity contribution < 1.29 is 24.5 Å². The quantitative estimate of drug-likeness (QED) is 0.450. The maximum atomic E-state index is 12.3. The van der Waals surface area contributed by atoms with Gasteiger partial charge < -0.3 is 25.0 Å². The number of alkyl carbamates (subject to hydrolysis) is 1. The molecule has 6 nitrogen and oxygen atoms in total. The zero-order valence-corrected chi connectivity index (χ0v) is 19.1. The number of aliphatic hydroxyl groups is 2. The van der Waals surface area contributed by atoms with Crippen LogP contribution in [-0.2, 0) is 4.74 Å². The summed E-state index contributed by atoms with van der Waals surface area (Å²) in [4.78, 5) is 12.3. The Balaban J connectivity index is 1.34. The lowest BCUT2D eigenvalue weighted by molar-refractivity contribution is 0.0181. The molecule has 1 aliphatic carbocycles. The van der Waals surface area contributed by atoms with Gasteiger partial charge in [-0.3, -0.25) is 0 Å². The number of ether oxygens (including phenoxy) is 2. The minimum Gasteiger partial charge on any atom is -0.497 e. The van der Waals surface area contributed by atoms with E-state index >= 15 is 0 Å². The standard InChI is InChI=1S/C25H24BrNO5/c1-31-15-10-11-20(22(26)12-15)24(29)23(28)13-27-25(30)32-14-21-18-8-4-2-6-16(18)17-7-3-5-9-19(17)21/h2-12,21,23-24,28-29H,13-14H2,1H3,(H,27,30). The highest BCUT2D eigenvalue weighted by Crippen LogP contribution is 2.44. The maximum Gasteiger partial charge on any atom is 0.407 e. The normalized spacial score (nSPS) is 14.2. The average molecular weight is 498 g/mol. The van der Waals surface area contributed by atoms with Crippen LogP contribution in [0.15, 0.2) is 71.2 Å². The van der Waals surface area contributed by atoms with Crippen LogP contribution in [-0.4, -0.2) is 42.7 Å². The largest absolute Gasteiger partial charge is 0.497 e. The van der Waals surface area contributed by atoms with Gasteiger partial charge in [0.15, 0.2) is 0 Å². The average Bonchev–Trinajstić information content (AvgIpc) is 3.14. The van der Waals surface area contributed by atoms with Crippen LogP contribution in [0, 0.1) is 0 Å². The van der Waals surface area contributed by atoms with E-state index < -0.39 is 18.3 Å². The number of carbonyl (C=O) groups is 1. The van der Waals surface area contributed by atoms with Crippen molar-refractivity contribution in [1.82, 2.24) is 5.32 Å². The van der Waals surface area contributed by atoms with E-state index in [2.05, 4.69) is 33.4 Å². The van der Waals surface area contributed by atoms with Crippen LogP contribution < -0.4 is 10.1 Å². The van der Waals surface area contributed by atoms with Gasteiger partial charge in [-0.05, 0) is 39.9 Å². The van der Waals surface area contributed by atoms with Crippen LogP contribution in [0.25, 0.3) is 11.1 Å². The molecule has 4 rings (SSSR count). The van der Waals surface area contributed by atoms with Gasteiger partial charge in [0.1, 0.15) is 24.6 Å². The summed E-state index contributed by atoms with van der Waals surface area (Å²) < 4.78 is 11.2. The van der Waals surface area contributed by atoms with Gasteiger partial charge in [0.25, 0.3) is 0 Å². The lowest BCUT2D eigenvalue weighted by Crippen LogP contribution is -2.36. The van der Waals surface area contributed by atoms with E-state index in [1.165, 1.54) is 0 Å². The first-order valence-electron chi connectivity index (χ1n) is 10.3. The molecular formula is C25H24BrNO5. The molecule has 0 saturated heterocycles. The number of halogens is 1. The Morgan fingerprint density at radius 1 is 1.03 bits per heavy atom. The number of fused-ring (bicyclic) bond motifs is 3. The fraction of sp³-hybridized carbons (Fsp3) is 0.240. The summed E-state index contributed by atoms with van der Waals surface area (Å²) in [5.41, 5.74) is 5.05. The van der Waals surface area contributed by atoms with Crippen molar-refractivity contribution in [2.24, 2.45) is 0 Å². The molecular weight excluding hydrogens is 474 g/mol. The third kappa shape index (κ3) is 4.50. The Kier molecular flexibility index (Phi) is 6.79. The van der Waals surface area contributed by atoms with Crippen molar-refractivity contribution in [3.63, 3.8) is 0 Å². The van der Waals surface area contributed by atoms with E-state index in [1.54, 1.807) is 25.3 Å². The predicted molar refractivity (Wildman–Crippen MR) is 125 cm³/mol. The summed E-state index contributed by atoms with van der Waals surface area (Å²) in [6.45, 7) is 0.0266. The van der Waals surface area contributed by atoms with E-state index in [4.69, 9.17) is 9.47 Å². The highest BCUT2D eigenvalue weighted by atomic mass is 79.9. The third-order valence-electron chi connectivity index (χ3n) is 5.69. The second kappa shape index (κ2) is 9.73. The molecule has 0 fully saturated rings. The van der Waals surface area contributed by atoms with Gasteiger partial charge >= 0.3 is 6.09 Å². The molecule has 2 unspecified atom stereocenters. The topological polar surface area (TPSA) is 88.0 Å². The van der Waals surface area contributed by atoms with Crippen LogP contribution in [0.5, 0.6) is 5.75 Å². The smallest absolute Gasteiger partial charge is 0.407 e. The number of aliphatic hydroxyl groups excluding tert-OH is 2. The van der Waals surface area contributed by atoms with Gasteiger partial charge in [0.2, 0.25) is 0 Å². The molecule has 1 aliphatic rings. The van der Waals surface area contributed by atoms with Gasteiger partial charge in [-0.2, -0.15) is 0 Å². The summed E-state index contributed by atoms with van der Waals surface area (Å²) in [5.74, 6) is 0.581. The second-order valence-electron chi connectivity index (χ2n) is 7.61. The number of amides is 1. The van der Waals surface area contributed by atoms with E-state index in [-0.39, 0.29) is 19.1 Å². The number of nitrogens with one attached hydrogen (secondary N) is 1. The van der Waals surface area contributed by atoms with E-state index in [9.17, 15) is 15.0 Å². The van der Waals surface area contributed by atoms with Gasteiger partial charge in [0.05, 0.1) is 7.11 Å². The molecule has 2 atom stereocenters. The summed E-state index contributed by atoms with van der Waals surface area (Å²) in [6.07, 6.45) is -3.05. The van der Waals surface area contributed by atoms with Crippen LogP contribution in [0.2, 0.25) is 0 Å². The molecule has 7 heteroatoms. The molecule has 0 aliphatic heterocycles. The molecule has 0 spiro atoms. The van der Waals surface area contributed by atoms with Crippen LogP contribution in [0.1, 0.15) is 28.7 Å². The molecule has 0 aromatic heterocycles. The molecule has 3 N–H and O–H groups in total. The monoisotopic (exact) mass is 497 g/mol. The predicted octanol–water partition coefficient (Wildman–Crippen LogP) is 4.39. The van der Waals surface area contributed by atoms with Crippen molar-refractivity contribution in [2.75, 3.05) is 20.3 Å². The second-order valence-corrected chi connectivity index (χ2v) is 8.46. The molecule has 3 aromatic carbocycles. The molecule has 32 heavy (non-hydrogen) atoms. The van der Waals surface area contributed by atoms with Crippen molar-refractivity contribution in [3.8, 4) is 16.9 Å². The zero-order chi connectivity index (χ0) is 22.7. The number of hydrogen-bond donors (Lipinski definition) is 3. The molecule has 3 aromatic rings. The highest BCUT2D eigenvalue weighted by molar-refractivity contribution is 9.10. The van der Waals surface area contributed by atoms with Crippen molar-refractivity contribution >= 4 is 22.0 Å². The molecule has 0 saturated carbocycles. The van der Waals surface area contributed by atoms with E-state index in [0.717, 1.165) is 22.3 Å². The van der Waals surface area contributed by atoms with Crippen LogP contribution in [0.4, 0.5) is 4.79 Å². The number of carbonyl (C=O) groups excluding carboxylic acids is 1.